The Balaban J connectivity index is 1.33. The number of furan rings is 1. The SMILES string of the molecule is CCOC(=O)c1c(NC(=O)COC(=O)c2ccc(S(=O)(=O)NCc3ccco3)cc2)sc2c1CCC2. The van der Waals surface area contributed by atoms with Crippen LogP contribution in [0, 0.1) is 0 Å². The Morgan fingerprint density at radius 1 is 1.06 bits per heavy atom. The van der Waals surface area contributed by atoms with Gasteiger partial charge in [0.15, 0.2) is 6.61 Å². The zero-order chi connectivity index (χ0) is 25.7. The molecule has 0 fully saturated rings. The summed E-state index contributed by atoms with van der Waals surface area (Å²) < 4.78 is 42.5. The van der Waals surface area contributed by atoms with Gasteiger partial charge in [-0.1, -0.05) is 0 Å². The molecule has 0 spiro atoms. The Morgan fingerprint density at radius 3 is 2.53 bits per heavy atom. The highest BCUT2D eigenvalue weighted by atomic mass is 32.2. The van der Waals surface area contributed by atoms with E-state index in [0.717, 1.165) is 29.7 Å². The summed E-state index contributed by atoms with van der Waals surface area (Å²) in [6.07, 6.45) is 3.96. The van der Waals surface area contributed by atoms with Gasteiger partial charge in [-0.15, -0.1) is 11.3 Å². The normalized spacial score (nSPS) is 12.7. The van der Waals surface area contributed by atoms with Crippen molar-refractivity contribution >= 4 is 44.2 Å². The molecule has 2 N–H and O–H groups in total. The Hall–Kier alpha value is -3.48. The number of amides is 1. The van der Waals surface area contributed by atoms with Crippen LogP contribution in [0.5, 0.6) is 0 Å². The third kappa shape index (κ3) is 5.83. The lowest BCUT2D eigenvalue weighted by atomic mass is 10.1. The van der Waals surface area contributed by atoms with Crippen molar-refractivity contribution in [3.63, 3.8) is 0 Å². The van der Waals surface area contributed by atoms with Crippen molar-refractivity contribution < 1.29 is 36.7 Å². The molecule has 1 aliphatic carbocycles. The smallest absolute Gasteiger partial charge is 0.341 e. The average molecular weight is 533 g/mol. The molecule has 12 heteroatoms. The van der Waals surface area contributed by atoms with Gasteiger partial charge in [-0.3, -0.25) is 4.79 Å². The summed E-state index contributed by atoms with van der Waals surface area (Å²) in [5, 5.41) is 3.03. The number of benzene rings is 1. The Bertz CT molecular complexity index is 1360. The summed E-state index contributed by atoms with van der Waals surface area (Å²) in [6.45, 7) is 1.34. The lowest BCUT2D eigenvalue weighted by Crippen LogP contribution is -2.23. The number of hydrogen-bond acceptors (Lipinski definition) is 9. The van der Waals surface area contributed by atoms with E-state index in [1.807, 2.05) is 0 Å². The van der Waals surface area contributed by atoms with E-state index in [9.17, 15) is 22.8 Å². The number of rotatable bonds is 10. The topological polar surface area (TPSA) is 141 Å². The Morgan fingerprint density at radius 2 is 1.83 bits per heavy atom. The molecular formula is C24H24N2O8S2. The van der Waals surface area contributed by atoms with E-state index in [1.54, 1.807) is 19.1 Å². The molecule has 0 radical (unpaired) electrons. The molecule has 0 atom stereocenters. The fourth-order valence-corrected chi connectivity index (χ4v) is 6.01. The van der Waals surface area contributed by atoms with Crippen molar-refractivity contribution in [2.24, 2.45) is 0 Å². The lowest BCUT2D eigenvalue weighted by Gasteiger charge is -2.09. The molecule has 0 saturated heterocycles. The summed E-state index contributed by atoms with van der Waals surface area (Å²) in [5.74, 6) is -1.43. The van der Waals surface area contributed by atoms with Gasteiger partial charge in [-0.05, 0) is 68.1 Å². The van der Waals surface area contributed by atoms with Crippen LogP contribution in [0.4, 0.5) is 5.00 Å². The molecule has 0 saturated carbocycles. The second-order valence-corrected chi connectivity index (χ2v) is 10.7. The van der Waals surface area contributed by atoms with E-state index in [2.05, 4.69) is 10.0 Å². The zero-order valence-electron chi connectivity index (χ0n) is 19.4. The number of esters is 2. The number of hydrogen-bond donors (Lipinski definition) is 2. The van der Waals surface area contributed by atoms with Crippen molar-refractivity contribution in [3.05, 3.63) is 70.0 Å². The van der Waals surface area contributed by atoms with Crippen LogP contribution in [-0.2, 0) is 43.7 Å². The molecule has 10 nitrogen and oxygen atoms in total. The first-order valence-electron chi connectivity index (χ1n) is 11.2. The molecule has 1 aliphatic rings. The molecule has 2 aromatic heterocycles. The second-order valence-electron chi connectivity index (χ2n) is 7.83. The summed E-state index contributed by atoms with van der Waals surface area (Å²) in [7, 11) is -3.82. The van der Waals surface area contributed by atoms with E-state index < -0.39 is 34.5 Å². The molecule has 0 bridgehead atoms. The van der Waals surface area contributed by atoms with Crippen LogP contribution in [-0.4, -0.2) is 39.5 Å². The maximum atomic E-state index is 12.4. The highest BCUT2D eigenvalue weighted by Gasteiger charge is 2.28. The number of thiophene rings is 1. The van der Waals surface area contributed by atoms with Gasteiger partial charge in [0.25, 0.3) is 5.91 Å². The summed E-state index contributed by atoms with van der Waals surface area (Å²) in [5.41, 5.74) is 1.35. The van der Waals surface area contributed by atoms with Crippen LogP contribution in [0.2, 0.25) is 0 Å². The standard InChI is InChI=1S/C24H24N2O8S2/c1-2-32-24(29)21-18-6-3-7-19(18)35-22(21)26-20(27)14-34-23(28)15-8-10-17(11-9-15)36(30,31)25-13-16-5-4-12-33-16/h4-5,8-12,25H,2-3,6-7,13-14H2,1H3,(H,26,27). The van der Waals surface area contributed by atoms with Gasteiger partial charge in [0, 0.05) is 4.88 Å². The van der Waals surface area contributed by atoms with Crippen molar-refractivity contribution in [2.45, 2.75) is 37.6 Å². The van der Waals surface area contributed by atoms with Crippen molar-refractivity contribution in [2.75, 3.05) is 18.5 Å². The summed E-state index contributed by atoms with van der Waals surface area (Å²) in [4.78, 5) is 38.2. The first kappa shape index (κ1) is 25.6. The minimum absolute atomic E-state index is 0.0145. The van der Waals surface area contributed by atoms with Crippen LogP contribution in [0.1, 0.15) is 50.3 Å². The molecular weight excluding hydrogens is 508 g/mol. The molecule has 2 heterocycles. The maximum Gasteiger partial charge on any atom is 0.341 e. The van der Waals surface area contributed by atoms with E-state index in [-0.39, 0.29) is 23.6 Å². The first-order valence-corrected chi connectivity index (χ1v) is 13.5. The van der Waals surface area contributed by atoms with E-state index in [4.69, 9.17) is 13.9 Å². The van der Waals surface area contributed by atoms with Crippen molar-refractivity contribution in [1.29, 1.82) is 0 Å². The van der Waals surface area contributed by atoms with Crippen LogP contribution >= 0.6 is 11.3 Å². The van der Waals surface area contributed by atoms with E-state index in [0.29, 0.717) is 16.3 Å². The number of ether oxygens (including phenoxy) is 2. The van der Waals surface area contributed by atoms with Crippen LogP contribution in [0.3, 0.4) is 0 Å². The van der Waals surface area contributed by atoms with Crippen LogP contribution in [0.15, 0.2) is 52.0 Å². The second kappa shape index (κ2) is 11.1. The first-order chi connectivity index (χ1) is 17.3. The van der Waals surface area contributed by atoms with Gasteiger partial charge in [0.05, 0.1) is 35.4 Å². The predicted molar refractivity (Wildman–Crippen MR) is 130 cm³/mol. The van der Waals surface area contributed by atoms with Crippen molar-refractivity contribution in [1.82, 2.24) is 4.72 Å². The minimum Gasteiger partial charge on any atom is -0.468 e. The minimum atomic E-state index is -3.82. The average Bonchev–Trinajstić information content (AvgIpc) is 3.60. The zero-order valence-corrected chi connectivity index (χ0v) is 21.0. The van der Waals surface area contributed by atoms with Gasteiger partial charge in [-0.2, -0.15) is 0 Å². The maximum absolute atomic E-state index is 12.4. The lowest BCUT2D eigenvalue weighted by molar-refractivity contribution is -0.119. The highest BCUT2D eigenvalue weighted by molar-refractivity contribution is 7.89. The fraction of sp³-hybridized carbons (Fsp3) is 0.292. The number of carbonyl (C=O) groups is 3. The number of aryl methyl sites for hydroxylation is 1. The molecule has 1 aromatic carbocycles. The van der Waals surface area contributed by atoms with Gasteiger partial charge in [-0.25, -0.2) is 22.7 Å². The van der Waals surface area contributed by atoms with Gasteiger partial charge in [0.2, 0.25) is 10.0 Å². The summed E-state index contributed by atoms with van der Waals surface area (Å²) >= 11 is 1.33. The Kier molecular flexibility index (Phi) is 7.87. The molecule has 1 amide bonds. The number of fused-ring (bicyclic) bond motifs is 1. The summed E-state index contributed by atoms with van der Waals surface area (Å²) in [6, 6.07) is 8.41. The number of sulfonamides is 1. The fourth-order valence-electron chi connectivity index (χ4n) is 3.72. The van der Waals surface area contributed by atoms with Gasteiger partial charge < -0.3 is 19.2 Å². The molecule has 0 aliphatic heterocycles. The monoisotopic (exact) mass is 532 g/mol. The number of anilines is 1. The number of nitrogens with one attached hydrogen (secondary N) is 2. The van der Waals surface area contributed by atoms with E-state index in [1.165, 1.54) is 41.9 Å². The molecule has 0 unspecified atom stereocenters. The molecule has 36 heavy (non-hydrogen) atoms. The Labute approximate surface area is 211 Å². The third-order valence-electron chi connectivity index (χ3n) is 5.41. The number of carbonyl (C=O) groups excluding carboxylic acids is 3. The predicted octanol–water partition coefficient (Wildman–Crippen LogP) is 3.28. The molecule has 190 valence electrons. The largest absolute Gasteiger partial charge is 0.468 e. The molecule has 3 aromatic rings. The van der Waals surface area contributed by atoms with Crippen LogP contribution < -0.4 is 10.0 Å². The van der Waals surface area contributed by atoms with Gasteiger partial charge >= 0.3 is 11.9 Å². The van der Waals surface area contributed by atoms with E-state index >= 15 is 0 Å². The quantitative estimate of drug-likeness (QED) is 0.379. The van der Waals surface area contributed by atoms with Crippen LogP contribution in [0.25, 0.3) is 0 Å². The third-order valence-corrected chi connectivity index (χ3v) is 8.03. The van der Waals surface area contributed by atoms with Crippen molar-refractivity contribution in [3.8, 4) is 0 Å². The molecule has 4 rings (SSSR count). The van der Waals surface area contributed by atoms with Gasteiger partial charge in [0.1, 0.15) is 10.8 Å². The highest BCUT2D eigenvalue weighted by Crippen LogP contribution is 2.39.